The van der Waals surface area contributed by atoms with Crippen molar-refractivity contribution in [3.8, 4) is 0 Å². The minimum Gasteiger partial charge on any atom is -0.301 e. The fourth-order valence-corrected chi connectivity index (χ4v) is 1.79. The van der Waals surface area contributed by atoms with Crippen molar-refractivity contribution in [1.82, 2.24) is 10.5 Å². The molecule has 0 radical (unpaired) electrons. The molecule has 1 N–H and O–H groups in total. The molecule has 1 rings (SSSR count). The Bertz CT molecular complexity index is 237. The van der Waals surface area contributed by atoms with Gasteiger partial charge >= 0.3 is 0 Å². The molecule has 0 aliphatic carbocycles. The molecule has 0 fully saturated rings. The largest absolute Gasteiger partial charge is 0.301 e. The van der Waals surface area contributed by atoms with Crippen molar-refractivity contribution >= 4 is 11.3 Å². The van der Waals surface area contributed by atoms with Gasteiger partial charge in [0.1, 0.15) is 0 Å². The van der Waals surface area contributed by atoms with E-state index in [9.17, 15) is 0 Å². The van der Waals surface area contributed by atoms with Gasteiger partial charge in [-0.1, -0.05) is 0 Å². The first-order valence-electron chi connectivity index (χ1n) is 4.03. The van der Waals surface area contributed by atoms with Crippen molar-refractivity contribution in [2.75, 3.05) is 6.61 Å². The van der Waals surface area contributed by atoms with Crippen LogP contribution in [0.25, 0.3) is 0 Å². The number of aryl methyl sites for hydroxylation is 1. The van der Waals surface area contributed by atoms with E-state index in [0.29, 0.717) is 6.61 Å². The Hall–Kier alpha value is -0.450. The number of rotatable bonds is 4. The molecule has 1 aromatic heterocycles. The van der Waals surface area contributed by atoms with Crippen LogP contribution in [0.1, 0.15) is 30.5 Å². The lowest BCUT2D eigenvalue weighted by Gasteiger charge is -2.11. The molecule has 12 heavy (non-hydrogen) atoms. The first kappa shape index (κ1) is 9.64. The topological polar surface area (TPSA) is 34.1 Å². The normalized spacial score (nSPS) is 13.2. The second-order valence-electron chi connectivity index (χ2n) is 2.57. The van der Waals surface area contributed by atoms with Crippen molar-refractivity contribution in [1.29, 1.82) is 0 Å². The van der Waals surface area contributed by atoms with Crippen molar-refractivity contribution in [3.05, 3.63) is 16.1 Å². The Kier molecular flexibility index (Phi) is 3.65. The minimum absolute atomic E-state index is 0.234. The molecule has 0 aromatic carbocycles. The zero-order chi connectivity index (χ0) is 8.97. The van der Waals surface area contributed by atoms with Gasteiger partial charge in [0.25, 0.3) is 0 Å². The van der Waals surface area contributed by atoms with E-state index < -0.39 is 0 Å². The molecule has 1 aromatic rings. The maximum atomic E-state index is 5.10. The molecule has 68 valence electrons. The average molecular weight is 186 g/mol. The molecule has 3 nitrogen and oxygen atoms in total. The Morgan fingerprint density at radius 1 is 1.75 bits per heavy atom. The highest BCUT2D eigenvalue weighted by Crippen LogP contribution is 2.20. The molecule has 1 unspecified atom stereocenters. The smallest absolute Gasteiger partial charge is 0.0798 e. The van der Waals surface area contributed by atoms with E-state index in [1.165, 1.54) is 4.88 Å². The summed E-state index contributed by atoms with van der Waals surface area (Å²) in [6, 6.07) is 0.234. The fourth-order valence-electron chi connectivity index (χ4n) is 0.988. The van der Waals surface area contributed by atoms with E-state index in [1.54, 1.807) is 11.3 Å². The van der Waals surface area contributed by atoms with Gasteiger partial charge in [-0.3, -0.25) is 0 Å². The third-order valence-corrected chi connectivity index (χ3v) is 2.69. The first-order valence-corrected chi connectivity index (χ1v) is 4.91. The lowest BCUT2D eigenvalue weighted by atomic mass is 10.2. The van der Waals surface area contributed by atoms with Gasteiger partial charge in [0.2, 0.25) is 0 Å². The molecule has 0 saturated carbocycles. The number of aromatic nitrogens is 1. The van der Waals surface area contributed by atoms with Crippen LogP contribution < -0.4 is 5.48 Å². The van der Waals surface area contributed by atoms with Crippen LogP contribution >= 0.6 is 11.3 Å². The van der Waals surface area contributed by atoms with Crippen LogP contribution in [-0.2, 0) is 4.84 Å². The van der Waals surface area contributed by atoms with Gasteiger partial charge in [0, 0.05) is 4.88 Å². The number of hydrogen-bond acceptors (Lipinski definition) is 4. The lowest BCUT2D eigenvalue weighted by molar-refractivity contribution is 0.0291. The zero-order valence-electron chi connectivity index (χ0n) is 7.63. The number of nitrogens with one attached hydrogen (secondary N) is 1. The van der Waals surface area contributed by atoms with Gasteiger partial charge in [-0.25, -0.2) is 4.98 Å². The maximum absolute atomic E-state index is 5.10. The molecule has 1 heterocycles. The van der Waals surface area contributed by atoms with Gasteiger partial charge in [0.15, 0.2) is 0 Å². The van der Waals surface area contributed by atoms with Crippen LogP contribution in [0.5, 0.6) is 0 Å². The molecule has 0 aliphatic heterocycles. The van der Waals surface area contributed by atoms with E-state index >= 15 is 0 Å². The van der Waals surface area contributed by atoms with Crippen molar-refractivity contribution in [3.63, 3.8) is 0 Å². The van der Waals surface area contributed by atoms with Gasteiger partial charge in [0.05, 0.1) is 23.9 Å². The number of thiazole rings is 1. The van der Waals surface area contributed by atoms with Crippen LogP contribution in [0.4, 0.5) is 0 Å². The zero-order valence-corrected chi connectivity index (χ0v) is 8.44. The van der Waals surface area contributed by atoms with Crippen molar-refractivity contribution in [2.24, 2.45) is 0 Å². The van der Waals surface area contributed by atoms with Crippen LogP contribution in [0.2, 0.25) is 0 Å². The highest BCUT2D eigenvalue weighted by molar-refractivity contribution is 7.09. The summed E-state index contributed by atoms with van der Waals surface area (Å²) in [4.78, 5) is 10.5. The van der Waals surface area contributed by atoms with Crippen molar-refractivity contribution in [2.45, 2.75) is 26.8 Å². The molecule has 0 saturated heterocycles. The molecule has 0 spiro atoms. The summed E-state index contributed by atoms with van der Waals surface area (Å²) in [6.45, 7) is 6.72. The van der Waals surface area contributed by atoms with Crippen LogP contribution in [0.15, 0.2) is 5.51 Å². The van der Waals surface area contributed by atoms with Crippen LogP contribution in [0, 0.1) is 6.92 Å². The summed E-state index contributed by atoms with van der Waals surface area (Å²) in [6.07, 6.45) is 0. The minimum atomic E-state index is 0.234. The Labute approximate surface area is 76.7 Å². The second-order valence-corrected chi connectivity index (χ2v) is 3.46. The molecule has 4 heteroatoms. The highest BCUT2D eigenvalue weighted by atomic mass is 32.1. The summed E-state index contributed by atoms with van der Waals surface area (Å²) in [5, 5.41) is 0. The number of hydroxylamine groups is 1. The second kappa shape index (κ2) is 4.54. The molecule has 1 atom stereocenters. The molecule has 0 aliphatic rings. The molecule has 0 amide bonds. The van der Waals surface area contributed by atoms with Crippen LogP contribution in [-0.4, -0.2) is 11.6 Å². The quantitative estimate of drug-likeness (QED) is 0.731. The number of hydrogen-bond donors (Lipinski definition) is 1. The molecular formula is C8H14N2OS. The van der Waals surface area contributed by atoms with E-state index in [1.807, 2.05) is 19.4 Å². The first-order chi connectivity index (χ1) is 5.75. The van der Waals surface area contributed by atoms with Gasteiger partial charge in [-0.2, -0.15) is 5.48 Å². The van der Waals surface area contributed by atoms with Gasteiger partial charge in [-0.05, 0) is 20.8 Å². The monoisotopic (exact) mass is 186 g/mol. The highest BCUT2D eigenvalue weighted by Gasteiger charge is 2.09. The Morgan fingerprint density at radius 3 is 3.00 bits per heavy atom. The fraction of sp³-hybridized carbons (Fsp3) is 0.625. The summed E-state index contributed by atoms with van der Waals surface area (Å²) in [5.41, 5.74) is 5.88. The van der Waals surface area contributed by atoms with E-state index in [4.69, 9.17) is 4.84 Å². The lowest BCUT2D eigenvalue weighted by Crippen LogP contribution is -2.18. The molecule has 0 bridgehead atoms. The predicted octanol–water partition coefficient (Wildman–Crippen LogP) is 2.05. The molecular weight excluding hydrogens is 172 g/mol. The van der Waals surface area contributed by atoms with E-state index in [2.05, 4.69) is 17.4 Å². The Morgan fingerprint density at radius 2 is 2.50 bits per heavy atom. The van der Waals surface area contributed by atoms with Gasteiger partial charge in [-0.15, -0.1) is 11.3 Å². The standard InChI is InChI=1S/C8H14N2OS/c1-4-11-10-7(3)8-6(2)9-5-12-8/h5,7,10H,4H2,1-3H3. The number of nitrogens with zero attached hydrogens (tertiary/aromatic N) is 1. The summed E-state index contributed by atoms with van der Waals surface area (Å²) < 4.78 is 0. The van der Waals surface area contributed by atoms with Crippen LogP contribution in [0.3, 0.4) is 0 Å². The third-order valence-electron chi connectivity index (χ3n) is 1.58. The Balaban J connectivity index is 2.52. The third kappa shape index (κ3) is 2.27. The summed E-state index contributed by atoms with van der Waals surface area (Å²) in [5.74, 6) is 0. The summed E-state index contributed by atoms with van der Waals surface area (Å²) in [7, 11) is 0. The average Bonchev–Trinajstić information content (AvgIpc) is 2.47. The predicted molar refractivity (Wildman–Crippen MR) is 50.0 cm³/mol. The SMILES string of the molecule is CCONC(C)c1scnc1C. The van der Waals surface area contributed by atoms with Crippen molar-refractivity contribution < 1.29 is 4.84 Å². The maximum Gasteiger partial charge on any atom is 0.0798 e. The summed E-state index contributed by atoms with van der Waals surface area (Å²) >= 11 is 1.65. The van der Waals surface area contributed by atoms with E-state index in [0.717, 1.165) is 5.69 Å². The van der Waals surface area contributed by atoms with E-state index in [-0.39, 0.29) is 6.04 Å². The van der Waals surface area contributed by atoms with Gasteiger partial charge < -0.3 is 4.84 Å².